The molecule has 0 aromatic heterocycles. The van der Waals surface area contributed by atoms with Crippen LogP contribution in [0.1, 0.15) is 5.56 Å². The third-order valence-corrected chi connectivity index (χ3v) is 4.41. The second kappa shape index (κ2) is 6.69. The van der Waals surface area contributed by atoms with E-state index in [0.717, 1.165) is 5.56 Å². The molecule has 0 aliphatic carbocycles. The summed E-state index contributed by atoms with van der Waals surface area (Å²) < 4.78 is 5.49. The van der Waals surface area contributed by atoms with Gasteiger partial charge in [0.2, 0.25) is 0 Å². The number of aliphatic hydroxyl groups is 3. The van der Waals surface area contributed by atoms with Crippen molar-refractivity contribution in [1.29, 1.82) is 0 Å². The SMILES string of the molecule is NC1C(O)C(CO)OC(SCc2ccccc2)C1O. The van der Waals surface area contributed by atoms with Gasteiger partial charge in [0.15, 0.2) is 0 Å². The molecule has 0 saturated carbocycles. The van der Waals surface area contributed by atoms with Gasteiger partial charge in [-0.25, -0.2) is 0 Å². The summed E-state index contributed by atoms with van der Waals surface area (Å²) in [4.78, 5) is 0. The first-order valence-corrected chi connectivity index (χ1v) is 7.22. The van der Waals surface area contributed by atoms with Crippen molar-refractivity contribution < 1.29 is 20.1 Å². The number of hydrogen-bond donors (Lipinski definition) is 4. The highest BCUT2D eigenvalue weighted by Crippen LogP contribution is 2.29. The van der Waals surface area contributed by atoms with E-state index in [1.807, 2.05) is 30.3 Å². The molecule has 0 bridgehead atoms. The van der Waals surface area contributed by atoms with E-state index in [-0.39, 0.29) is 6.61 Å². The molecule has 1 aromatic rings. The van der Waals surface area contributed by atoms with Gasteiger partial charge < -0.3 is 25.8 Å². The maximum atomic E-state index is 9.99. The van der Waals surface area contributed by atoms with Crippen LogP contribution in [0.5, 0.6) is 0 Å². The van der Waals surface area contributed by atoms with Crippen LogP contribution in [0.25, 0.3) is 0 Å². The number of aliphatic hydroxyl groups excluding tert-OH is 3. The number of ether oxygens (including phenoxy) is 1. The predicted octanol–water partition coefficient (Wildman–Crippen LogP) is -0.314. The summed E-state index contributed by atoms with van der Waals surface area (Å²) >= 11 is 1.41. The molecule has 0 radical (unpaired) electrons. The number of benzene rings is 1. The highest BCUT2D eigenvalue weighted by Gasteiger charge is 2.42. The van der Waals surface area contributed by atoms with Gasteiger partial charge in [0.1, 0.15) is 23.7 Å². The van der Waals surface area contributed by atoms with E-state index < -0.39 is 29.8 Å². The molecule has 1 aromatic carbocycles. The molecule has 2 rings (SSSR count). The maximum absolute atomic E-state index is 9.99. The number of thioether (sulfide) groups is 1. The van der Waals surface area contributed by atoms with E-state index in [4.69, 9.17) is 15.6 Å². The smallest absolute Gasteiger partial charge is 0.131 e. The molecule has 0 amide bonds. The molecular weight excluding hydrogens is 266 g/mol. The van der Waals surface area contributed by atoms with Gasteiger partial charge in [-0.15, -0.1) is 11.8 Å². The zero-order valence-electron chi connectivity index (χ0n) is 10.4. The van der Waals surface area contributed by atoms with Gasteiger partial charge in [0, 0.05) is 5.75 Å². The highest BCUT2D eigenvalue weighted by atomic mass is 32.2. The minimum absolute atomic E-state index is 0.315. The Labute approximate surface area is 116 Å². The van der Waals surface area contributed by atoms with Crippen LogP contribution in [-0.2, 0) is 10.5 Å². The molecule has 1 fully saturated rings. The zero-order valence-corrected chi connectivity index (χ0v) is 11.2. The Hall–Kier alpha value is -0.630. The van der Waals surface area contributed by atoms with Crippen molar-refractivity contribution in [2.24, 2.45) is 5.73 Å². The molecule has 5 nitrogen and oxygen atoms in total. The molecule has 1 aliphatic rings. The fourth-order valence-corrected chi connectivity index (χ4v) is 3.16. The summed E-state index contributed by atoms with van der Waals surface area (Å²) in [5, 5.41) is 28.9. The predicted molar refractivity (Wildman–Crippen MR) is 73.5 cm³/mol. The van der Waals surface area contributed by atoms with Crippen LogP contribution in [0.4, 0.5) is 0 Å². The largest absolute Gasteiger partial charge is 0.394 e. The summed E-state index contributed by atoms with van der Waals surface area (Å²) in [6, 6.07) is 8.99. The third-order valence-electron chi connectivity index (χ3n) is 3.19. The lowest BCUT2D eigenvalue weighted by Crippen LogP contribution is -2.61. The summed E-state index contributed by atoms with van der Waals surface area (Å²) in [5.41, 5.74) is 6.31. The van der Waals surface area contributed by atoms with Crippen LogP contribution >= 0.6 is 11.8 Å². The number of hydrogen-bond acceptors (Lipinski definition) is 6. The molecule has 5 atom stereocenters. The van der Waals surface area contributed by atoms with Gasteiger partial charge in [0.05, 0.1) is 12.6 Å². The van der Waals surface area contributed by atoms with Crippen LogP contribution in [0.15, 0.2) is 30.3 Å². The maximum Gasteiger partial charge on any atom is 0.131 e. The fraction of sp³-hybridized carbons (Fsp3) is 0.538. The van der Waals surface area contributed by atoms with Crippen molar-refractivity contribution in [1.82, 2.24) is 0 Å². The van der Waals surface area contributed by atoms with E-state index in [0.29, 0.717) is 5.75 Å². The Morgan fingerprint density at radius 2 is 1.84 bits per heavy atom. The lowest BCUT2D eigenvalue weighted by molar-refractivity contribution is -0.160. The molecule has 1 saturated heterocycles. The van der Waals surface area contributed by atoms with Gasteiger partial charge >= 0.3 is 0 Å². The van der Waals surface area contributed by atoms with Crippen LogP contribution in [0.3, 0.4) is 0 Å². The molecule has 0 spiro atoms. The van der Waals surface area contributed by atoms with Crippen molar-refractivity contribution in [2.75, 3.05) is 6.61 Å². The average molecular weight is 285 g/mol. The molecule has 106 valence electrons. The van der Waals surface area contributed by atoms with Crippen molar-refractivity contribution in [3.8, 4) is 0 Å². The van der Waals surface area contributed by atoms with Gasteiger partial charge in [-0.2, -0.15) is 0 Å². The van der Waals surface area contributed by atoms with E-state index in [2.05, 4.69) is 0 Å². The lowest BCUT2D eigenvalue weighted by atomic mass is 9.98. The third kappa shape index (κ3) is 3.47. The first kappa shape index (κ1) is 14.8. The van der Waals surface area contributed by atoms with Crippen LogP contribution in [0.2, 0.25) is 0 Å². The highest BCUT2D eigenvalue weighted by molar-refractivity contribution is 7.99. The first-order valence-electron chi connectivity index (χ1n) is 6.17. The topological polar surface area (TPSA) is 95.9 Å². The van der Waals surface area contributed by atoms with Crippen LogP contribution in [0, 0.1) is 0 Å². The van der Waals surface area contributed by atoms with Crippen molar-refractivity contribution in [3.05, 3.63) is 35.9 Å². The van der Waals surface area contributed by atoms with E-state index in [9.17, 15) is 10.2 Å². The van der Waals surface area contributed by atoms with Gasteiger partial charge in [-0.05, 0) is 5.56 Å². The Balaban J connectivity index is 1.95. The first-order chi connectivity index (χ1) is 9.13. The van der Waals surface area contributed by atoms with E-state index >= 15 is 0 Å². The summed E-state index contributed by atoms with van der Waals surface area (Å²) in [5.74, 6) is 0.670. The summed E-state index contributed by atoms with van der Waals surface area (Å²) in [7, 11) is 0. The zero-order chi connectivity index (χ0) is 13.8. The molecular formula is C13H19NO4S. The Bertz CT molecular complexity index is 389. The molecule has 5 unspecified atom stereocenters. The van der Waals surface area contributed by atoms with Crippen molar-refractivity contribution >= 4 is 11.8 Å². The van der Waals surface area contributed by atoms with E-state index in [1.54, 1.807) is 0 Å². The monoisotopic (exact) mass is 285 g/mol. The molecule has 1 heterocycles. The number of rotatable bonds is 4. The second-order valence-electron chi connectivity index (χ2n) is 4.58. The summed E-state index contributed by atoms with van der Waals surface area (Å²) in [6.45, 7) is -0.315. The minimum Gasteiger partial charge on any atom is -0.394 e. The minimum atomic E-state index is -1.05. The quantitative estimate of drug-likeness (QED) is 0.606. The van der Waals surface area contributed by atoms with Crippen molar-refractivity contribution in [2.45, 2.75) is 35.5 Å². The lowest BCUT2D eigenvalue weighted by Gasteiger charge is -2.40. The molecule has 5 N–H and O–H groups in total. The average Bonchev–Trinajstić information content (AvgIpc) is 2.45. The van der Waals surface area contributed by atoms with E-state index in [1.165, 1.54) is 11.8 Å². The van der Waals surface area contributed by atoms with Gasteiger partial charge in [-0.3, -0.25) is 0 Å². The normalized spacial score (nSPS) is 35.3. The van der Waals surface area contributed by atoms with Gasteiger partial charge in [-0.1, -0.05) is 30.3 Å². The Morgan fingerprint density at radius 1 is 1.16 bits per heavy atom. The molecule has 1 aliphatic heterocycles. The molecule has 6 heteroatoms. The molecule has 19 heavy (non-hydrogen) atoms. The number of nitrogens with two attached hydrogens (primary N) is 1. The standard InChI is InChI=1S/C13H19NO4S/c14-10-11(16)9(6-15)18-13(12(10)17)19-7-8-4-2-1-3-5-8/h1-5,9-13,15-17H,6-7,14H2. The Kier molecular flexibility index (Phi) is 5.20. The fourth-order valence-electron chi connectivity index (χ4n) is 2.01. The Morgan fingerprint density at radius 3 is 2.47 bits per heavy atom. The summed E-state index contributed by atoms with van der Waals surface area (Å²) in [6.07, 6.45) is -2.74. The van der Waals surface area contributed by atoms with Crippen LogP contribution in [-0.4, -0.2) is 51.7 Å². The van der Waals surface area contributed by atoms with Crippen molar-refractivity contribution in [3.63, 3.8) is 0 Å². The second-order valence-corrected chi connectivity index (χ2v) is 5.67. The van der Waals surface area contributed by atoms with Crippen LogP contribution < -0.4 is 5.73 Å². The van der Waals surface area contributed by atoms with Gasteiger partial charge in [0.25, 0.3) is 0 Å².